The first kappa shape index (κ1) is 22.3. The van der Waals surface area contributed by atoms with Crippen LogP contribution in [-0.4, -0.2) is 72.3 Å². The topological polar surface area (TPSA) is 108 Å². The van der Waals surface area contributed by atoms with Crippen LogP contribution in [0.15, 0.2) is 53.7 Å². The minimum absolute atomic E-state index is 0.131. The molecule has 1 aromatic carbocycles. The third kappa shape index (κ3) is 4.47. The first-order valence-electron chi connectivity index (χ1n) is 10.6. The predicted molar refractivity (Wildman–Crippen MR) is 122 cm³/mol. The number of anilines is 1. The van der Waals surface area contributed by atoms with Crippen molar-refractivity contribution in [2.24, 2.45) is 0 Å². The predicted octanol–water partition coefficient (Wildman–Crippen LogP) is 2.30. The smallest absolute Gasteiger partial charge is 0.245 e. The van der Waals surface area contributed by atoms with Gasteiger partial charge in [-0.25, -0.2) is 13.4 Å². The van der Waals surface area contributed by atoms with Crippen LogP contribution in [0, 0.1) is 0 Å². The molecule has 0 radical (unpaired) electrons. The average Bonchev–Trinajstić information content (AvgIpc) is 3.25. The number of hydrogen-bond acceptors (Lipinski definition) is 6. The van der Waals surface area contributed by atoms with Gasteiger partial charge in [-0.05, 0) is 50.2 Å². The van der Waals surface area contributed by atoms with E-state index < -0.39 is 10.0 Å². The van der Waals surface area contributed by atoms with Gasteiger partial charge < -0.3 is 15.0 Å². The molecule has 1 saturated heterocycles. The first-order chi connectivity index (χ1) is 15.4. The van der Waals surface area contributed by atoms with Crippen LogP contribution in [0.5, 0.6) is 5.75 Å². The first-order valence-corrected chi connectivity index (χ1v) is 12.0. The molecular weight excluding hydrogens is 430 g/mol. The lowest BCUT2D eigenvalue weighted by Crippen LogP contribution is -2.53. The Morgan fingerprint density at radius 1 is 1.19 bits per heavy atom. The lowest BCUT2D eigenvalue weighted by atomic mass is 10.2. The van der Waals surface area contributed by atoms with Gasteiger partial charge >= 0.3 is 0 Å². The third-order valence-electron chi connectivity index (χ3n) is 5.66. The fraction of sp³-hybridized carbons (Fsp3) is 0.364. The second-order valence-corrected chi connectivity index (χ2v) is 9.52. The number of H-pyrrole nitrogens is 1. The van der Waals surface area contributed by atoms with Crippen molar-refractivity contribution in [3.05, 3.63) is 48.8 Å². The van der Waals surface area contributed by atoms with Gasteiger partial charge in [-0.3, -0.25) is 9.69 Å². The van der Waals surface area contributed by atoms with E-state index >= 15 is 0 Å². The van der Waals surface area contributed by atoms with Gasteiger partial charge in [0.15, 0.2) is 0 Å². The maximum absolute atomic E-state index is 13.2. The summed E-state index contributed by atoms with van der Waals surface area (Å²) in [6, 6.07) is 10.3. The maximum atomic E-state index is 13.2. The van der Waals surface area contributed by atoms with Crippen LogP contribution in [0.3, 0.4) is 0 Å². The molecule has 170 valence electrons. The number of rotatable bonds is 7. The number of carbonyl (C=O) groups excluding carboxylic acids is 1. The number of piperazine rings is 1. The van der Waals surface area contributed by atoms with E-state index in [-0.39, 0.29) is 16.8 Å². The standard InChI is InChI=1S/C22H27N5O4S/c1-3-31-18-8-6-17(7-9-18)25-22(28)16(2)26-11-13-27(14-12-26)32(29,30)20-15-24-21-19(20)5-4-10-23-21/h4-10,15-16H,3,11-14H2,1-2H3,(H,23,24)(H,25,28). The van der Waals surface area contributed by atoms with E-state index in [1.54, 1.807) is 30.5 Å². The average molecular weight is 458 g/mol. The van der Waals surface area contributed by atoms with Crippen molar-refractivity contribution in [3.63, 3.8) is 0 Å². The number of amides is 1. The normalized spacial score (nSPS) is 16.7. The summed E-state index contributed by atoms with van der Waals surface area (Å²) >= 11 is 0. The summed E-state index contributed by atoms with van der Waals surface area (Å²) < 4.78 is 33.2. The van der Waals surface area contributed by atoms with Crippen molar-refractivity contribution in [1.82, 2.24) is 19.2 Å². The number of benzene rings is 1. The summed E-state index contributed by atoms with van der Waals surface area (Å²) in [5.41, 5.74) is 1.24. The molecule has 1 aliphatic heterocycles. The van der Waals surface area contributed by atoms with Crippen LogP contribution in [0.2, 0.25) is 0 Å². The molecule has 0 spiro atoms. The number of carbonyl (C=O) groups is 1. The molecular formula is C22H27N5O4S. The Kier molecular flexibility index (Phi) is 6.45. The Morgan fingerprint density at radius 2 is 1.91 bits per heavy atom. The lowest BCUT2D eigenvalue weighted by molar-refractivity contribution is -0.121. The molecule has 2 aromatic heterocycles. The van der Waals surface area contributed by atoms with E-state index in [1.807, 2.05) is 30.9 Å². The SMILES string of the molecule is CCOc1ccc(NC(=O)C(C)N2CCN(S(=O)(=O)c3c[nH]c4ncccc34)CC2)cc1. The second-order valence-electron chi connectivity index (χ2n) is 7.62. The Morgan fingerprint density at radius 3 is 2.59 bits per heavy atom. The molecule has 1 aliphatic rings. The number of aromatic amines is 1. The third-order valence-corrected chi connectivity index (χ3v) is 7.60. The van der Waals surface area contributed by atoms with Crippen molar-refractivity contribution in [1.29, 1.82) is 0 Å². The summed E-state index contributed by atoms with van der Waals surface area (Å²) in [6.07, 6.45) is 3.11. The Hall–Kier alpha value is -2.95. The molecule has 1 unspecified atom stereocenters. The number of nitrogens with zero attached hydrogens (tertiary/aromatic N) is 3. The zero-order valence-corrected chi connectivity index (χ0v) is 18.9. The fourth-order valence-electron chi connectivity index (χ4n) is 3.83. The number of sulfonamides is 1. The molecule has 0 saturated carbocycles. The van der Waals surface area contributed by atoms with Crippen molar-refractivity contribution >= 4 is 32.7 Å². The van der Waals surface area contributed by atoms with Gasteiger partial charge in [-0.1, -0.05) is 0 Å². The van der Waals surface area contributed by atoms with Crippen LogP contribution < -0.4 is 10.1 Å². The molecule has 0 bridgehead atoms. The van der Waals surface area contributed by atoms with Crippen LogP contribution in [0.4, 0.5) is 5.69 Å². The van der Waals surface area contributed by atoms with Crippen molar-refractivity contribution in [2.45, 2.75) is 24.8 Å². The zero-order chi connectivity index (χ0) is 22.7. The Balaban J connectivity index is 1.36. The number of aromatic nitrogens is 2. The number of pyridine rings is 1. The lowest BCUT2D eigenvalue weighted by Gasteiger charge is -2.36. The van der Waals surface area contributed by atoms with Crippen LogP contribution >= 0.6 is 0 Å². The monoisotopic (exact) mass is 457 g/mol. The van der Waals surface area contributed by atoms with E-state index in [1.165, 1.54) is 10.5 Å². The fourth-order valence-corrected chi connectivity index (χ4v) is 5.40. The van der Waals surface area contributed by atoms with Gasteiger partial charge in [0, 0.05) is 49.6 Å². The van der Waals surface area contributed by atoms with Crippen LogP contribution in [-0.2, 0) is 14.8 Å². The van der Waals surface area contributed by atoms with Crippen LogP contribution in [0.1, 0.15) is 13.8 Å². The van der Waals surface area contributed by atoms with Gasteiger partial charge in [0.1, 0.15) is 16.3 Å². The highest BCUT2D eigenvalue weighted by molar-refractivity contribution is 7.89. The highest BCUT2D eigenvalue weighted by Gasteiger charge is 2.33. The molecule has 4 rings (SSSR count). The molecule has 3 heterocycles. The van der Waals surface area contributed by atoms with Gasteiger partial charge in [0.2, 0.25) is 15.9 Å². The quantitative estimate of drug-likeness (QED) is 0.564. The highest BCUT2D eigenvalue weighted by atomic mass is 32.2. The summed E-state index contributed by atoms with van der Waals surface area (Å²) in [5.74, 6) is 0.620. The van der Waals surface area contributed by atoms with E-state index in [9.17, 15) is 13.2 Å². The minimum atomic E-state index is -3.65. The summed E-state index contributed by atoms with van der Waals surface area (Å²) in [6.45, 7) is 5.91. The van der Waals surface area contributed by atoms with Crippen molar-refractivity contribution in [3.8, 4) is 5.75 Å². The Labute approximate surface area is 187 Å². The van der Waals surface area contributed by atoms with Gasteiger partial charge in [-0.2, -0.15) is 4.31 Å². The van der Waals surface area contributed by atoms with Gasteiger partial charge in [0.25, 0.3) is 0 Å². The molecule has 2 N–H and O–H groups in total. The van der Waals surface area contributed by atoms with E-state index in [0.717, 1.165) is 5.75 Å². The molecule has 9 nitrogen and oxygen atoms in total. The molecule has 1 amide bonds. The number of ether oxygens (including phenoxy) is 1. The van der Waals surface area contributed by atoms with Gasteiger partial charge in [-0.15, -0.1) is 0 Å². The number of fused-ring (bicyclic) bond motifs is 1. The summed E-state index contributed by atoms with van der Waals surface area (Å²) in [4.78, 5) is 22.0. The molecule has 3 aromatic rings. The van der Waals surface area contributed by atoms with E-state index in [0.29, 0.717) is 49.5 Å². The van der Waals surface area contributed by atoms with Crippen LogP contribution in [0.25, 0.3) is 11.0 Å². The molecule has 1 atom stereocenters. The van der Waals surface area contributed by atoms with Crippen molar-refractivity contribution < 1.29 is 17.9 Å². The number of nitrogens with one attached hydrogen (secondary N) is 2. The molecule has 32 heavy (non-hydrogen) atoms. The zero-order valence-electron chi connectivity index (χ0n) is 18.1. The summed E-state index contributed by atoms with van der Waals surface area (Å²) in [5, 5.41) is 3.49. The summed E-state index contributed by atoms with van der Waals surface area (Å²) in [7, 11) is -3.65. The largest absolute Gasteiger partial charge is 0.494 e. The highest BCUT2D eigenvalue weighted by Crippen LogP contribution is 2.25. The number of hydrogen-bond donors (Lipinski definition) is 2. The molecule has 10 heteroatoms. The molecule has 1 fully saturated rings. The van der Waals surface area contributed by atoms with E-state index in [2.05, 4.69) is 15.3 Å². The second kappa shape index (κ2) is 9.27. The minimum Gasteiger partial charge on any atom is -0.494 e. The van der Waals surface area contributed by atoms with Crippen molar-refractivity contribution in [2.75, 3.05) is 38.1 Å². The van der Waals surface area contributed by atoms with Gasteiger partial charge in [0.05, 0.1) is 12.6 Å². The Bertz CT molecular complexity index is 1180. The van der Waals surface area contributed by atoms with E-state index in [4.69, 9.17) is 4.74 Å². The molecule has 0 aliphatic carbocycles. The maximum Gasteiger partial charge on any atom is 0.245 e.